The summed E-state index contributed by atoms with van der Waals surface area (Å²) in [5.74, 6) is -0.146. The summed E-state index contributed by atoms with van der Waals surface area (Å²) in [6.07, 6.45) is 4.86. The first kappa shape index (κ1) is 13.8. The monoisotopic (exact) mass is 285 g/mol. The maximum absolute atomic E-state index is 12.6. The predicted octanol–water partition coefficient (Wildman–Crippen LogP) is 2.04. The van der Waals surface area contributed by atoms with Crippen LogP contribution in [0.2, 0.25) is 0 Å². The molecule has 0 unspecified atom stereocenters. The molecule has 0 atom stereocenters. The molecule has 2 aromatic rings. The maximum atomic E-state index is 12.6. The van der Waals surface area contributed by atoms with Gasteiger partial charge in [0.25, 0.3) is 11.5 Å². The Kier molecular flexibility index (Phi) is 3.73. The van der Waals surface area contributed by atoms with Crippen molar-refractivity contribution in [3.63, 3.8) is 0 Å². The molecule has 5 heteroatoms. The second-order valence-corrected chi connectivity index (χ2v) is 5.38. The molecule has 21 heavy (non-hydrogen) atoms. The van der Waals surface area contributed by atoms with Gasteiger partial charge < -0.3 is 4.90 Å². The van der Waals surface area contributed by atoms with Crippen molar-refractivity contribution in [3.8, 4) is 0 Å². The fraction of sp³-hybridized carbons (Fsp3) is 0.438. The van der Waals surface area contributed by atoms with Gasteiger partial charge in [-0.1, -0.05) is 0 Å². The lowest BCUT2D eigenvalue weighted by atomic mass is 10.1. The van der Waals surface area contributed by atoms with Gasteiger partial charge in [-0.25, -0.2) is 4.98 Å². The number of amides is 1. The molecule has 0 N–H and O–H groups in total. The summed E-state index contributed by atoms with van der Waals surface area (Å²) in [4.78, 5) is 31.3. The minimum Gasteiger partial charge on any atom is -0.338 e. The van der Waals surface area contributed by atoms with E-state index in [1.54, 1.807) is 21.7 Å². The summed E-state index contributed by atoms with van der Waals surface area (Å²) >= 11 is 0. The van der Waals surface area contributed by atoms with E-state index in [0.29, 0.717) is 12.2 Å². The molecule has 1 aliphatic rings. The molecular formula is C16H19N3O2. The quantitative estimate of drug-likeness (QED) is 0.848. The van der Waals surface area contributed by atoms with Crippen molar-refractivity contribution in [2.24, 2.45) is 0 Å². The van der Waals surface area contributed by atoms with Crippen molar-refractivity contribution in [2.45, 2.75) is 32.7 Å². The average molecular weight is 285 g/mol. The zero-order valence-corrected chi connectivity index (χ0v) is 12.2. The van der Waals surface area contributed by atoms with Crippen molar-refractivity contribution in [3.05, 3.63) is 40.3 Å². The highest BCUT2D eigenvalue weighted by molar-refractivity contribution is 5.97. The van der Waals surface area contributed by atoms with Gasteiger partial charge in [0, 0.05) is 31.2 Å². The van der Waals surface area contributed by atoms with Gasteiger partial charge in [0.2, 0.25) is 0 Å². The van der Waals surface area contributed by atoms with Crippen molar-refractivity contribution in [1.29, 1.82) is 0 Å². The van der Waals surface area contributed by atoms with Crippen molar-refractivity contribution >= 4 is 16.9 Å². The summed E-state index contributed by atoms with van der Waals surface area (Å²) in [5, 5.41) is 0.833. The number of fused-ring (bicyclic) bond motifs is 1. The van der Waals surface area contributed by atoms with Crippen LogP contribution in [0.5, 0.6) is 0 Å². The second-order valence-electron chi connectivity index (χ2n) is 5.38. The molecule has 1 saturated heterocycles. The van der Waals surface area contributed by atoms with Gasteiger partial charge in [-0.2, -0.15) is 0 Å². The van der Waals surface area contributed by atoms with E-state index in [1.165, 1.54) is 0 Å². The van der Waals surface area contributed by atoms with E-state index in [-0.39, 0.29) is 17.0 Å². The van der Waals surface area contributed by atoms with E-state index in [0.717, 1.165) is 37.7 Å². The van der Waals surface area contributed by atoms with E-state index in [9.17, 15) is 9.59 Å². The van der Waals surface area contributed by atoms with Crippen LogP contribution in [0.25, 0.3) is 11.0 Å². The smallest absolute Gasteiger partial charge is 0.265 e. The highest BCUT2D eigenvalue weighted by Gasteiger charge is 2.22. The zero-order chi connectivity index (χ0) is 14.8. The molecule has 0 saturated carbocycles. The van der Waals surface area contributed by atoms with E-state index in [1.807, 2.05) is 19.1 Å². The fourth-order valence-corrected chi connectivity index (χ4v) is 2.92. The summed E-state index contributed by atoms with van der Waals surface area (Å²) in [6.45, 7) is 3.89. The topological polar surface area (TPSA) is 55.2 Å². The number of aromatic nitrogens is 2. The van der Waals surface area contributed by atoms with Crippen LogP contribution in [0, 0.1) is 0 Å². The van der Waals surface area contributed by atoms with Crippen molar-refractivity contribution in [2.75, 3.05) is 13.1 Å². The van der Waals surface area contributed by atoms with Gasteiger partial charge in [0.1, 0.15) is 11.2 Å². The van der Waals surface area contributed by atoms with Crippen LogP contribution in [-0.4, -0.2) is 33.4 Å². The Bertz CT molecular complexity index is 730. The van der Waals surface area contributed by atoms with E-state index in [2.05, 4.69) is 4.98 Å². The van der Waals surface area contributed by atoms with Gasteiger partial charge in [-0.05, 0) is 44.4 Å². The molecule has 3 rings (SSSR count). The lowest BCUT2D eigenvalue weighted by Gasteiger charge is -2.26. The zero-order valence-electron chi connectivity index (χ0n) is 12.2. The number of aryl methyl sites for hydroxylation is 1. The summed E-state index contributed by atoms with van der Waals surface area (Å²) in [7, 11) is 0. The molecule has 2 aromatic heterocycles. The lowest BCUT2D eigenvalue weighted by Crippen LogP contribution is -2.39. The molecule has 1 aliphatic heterocycles. The number of rotatable bonds is 2. The van der Waals surface area contributed by atoms with E-state index in [4.69, 9.17) is 0 Å². The summed E-state index contributed by atoms with van der Waals surface area (Å²) in [6, 6.07) is 5.40. The molecule has 1 amide bonds. The highest BCUT2D eigenvalue weighted by atomic mass is 16.2. The second kappa shape index (κ2) is 5.68. The predicted molar refractivity (Wildman–Crippen MR) is 81.4 cm³/mol. The van der Waals surface area contributed by atoms with Gasteiger partial charge in [-0.3, -0.25) is 14.2 Å². The van der Waals surface area contributed by atoms with Gasteiger partial charge in [-0.15, -0.1) is 0 Å². The number of likely N-dealkylation sites (tertiary alicyclic amines) is 1. The minimum atomic E-state index is -0.237. The standard InChI is InChI=1S/C16H19N3O2/c1-2-19-14-12(7-6-8-17-14)11-13(16(19)21)15(20)18-9-4-3-5-10-18/h6-8,11H,2-5,9-10H2,1H3. The number of pyridine rings is 2. The first-order valence-corrected chi connectivity index (χ1v) is 7.50. The maximum Gasteiger partial charge on any atom is 0.265 e. The number of carbonyl (C=O) groups is 1. The Morgan fingerprint density at radius 1 is 1.29 bits per heavy atom. The van der Waals surface area contributed by atoms with Gasteiger partial charge >= 0.3 is 0 Å². The van der Waals surface area contributed by atoms with Gasteiger partial charge in [0.15, 0.2) is 0 Å². The molecule has 110 valence electrons. The Labute approximate surface area is 123 Å². The van der Waals surface area contributed by atoms with Gasteiger partial charge in [0.05, 0.1) is 0 Å². The molecule has 0 bridgehead atoms. The molecule has 1 fully saturated rings. The third kappa shape index (κ3) is 2.44. The molecule has 0 aromatic carbocycles. The first-order chi connectivity index (χ1) is 10.2. The van der Waals surface area contributed by atoms with Crippen LogP contribution in [0.4, 0.5) is 0 Å². The number of piperidine rings is 1. The van der Waals surface area contributed by atoms with E-state index >= 15 is 0 Å². The number of hydrogen-bond donors (Lipinski definition) is 0. The molecule has 0 aliphatic carbocycles. The molecule has 0 spiro atoms. The molecular weight excluding hydrogens is 266 g/mol. The largest absolute Gasteiger partial charge is 0.338 e. The van der Waals surface area contributed by atoms with Crippen LogP contribution in [0.15, 0.2) is 29.2 Å². The third-order valence-electron chi connectivity index (χ3n) is 4.04. The highest BCUT2D eigenvalue weighted by Crippen LogP contribution is 2.15. The normalized spacial score (nSPS) is 15.4. The van der Waals surface area contributed by atoms with Crippen LogP contribution < -0.4 is 5.56 Å². The molecule has 3 heterocycles. The van der Waals surface area contributed by atoms with E-state index < -0.39 is 0 Å². The Morgan fingerprint density at radius 2 is 2.05 bits per heavy atom. The lowest BCUT2D eigenvalue weighted by molar-refractivity contribution is 0.0722. The Hall–Kier alpha value is -2.17. The fourth-order valence-electron chi connectivity index (χ4n) is 2.92. The van der Waals surface area contributed by atoms with Crippen LogP contribution in [0.3, 0.4) is 0 Å². The van der Waals surface area contributed by atoms with Crippen molar-refractivity contribution < 1.29 is 4.79 Å². The summed E-state index contributed by atoms with van der Waals surface area (Å²) in [5.41, 5.74) is 0.665. The average Bonchev–Trinajstić information content (AvgIpc) is 2.54. The molecule has 0 radical (unpaired) electrons. The summed E-state index contributed by atoms with van der Waals surface area (Å²) < 4.78 is 1.58. The number of nitrogens with zero attached hydrogens (tertiary/aromatic N) is 3. The Morgan fingerprint density at radius 3 is 2.76 bits per heavy atom. The Balaban J connectivity index is 2.12. The number of hydrogen-bond acceptors (Lipinski definition) is 3. The van der Waals surface area contributed by atoms with Crippen molar-refractivity contribution in [1.82, 2.24) is 14.5 Å². The third-order valence-corrected chi connectivity index (χ3v) is 4.04. The SMILES string of the molecule is CCn1c(=O)c(C(=O)N2CCCCC2)cc2cccnc21. The first-order valence-electron chi connectivity index (χ1n) is 7.50. The molecule has 5 nitrogen and oxygen atoms in total. The minimum absolute atomic E-state index is 0.146. The number of carbonyl (C=O) groups excluding carboxylic acids is 1. The van der Waals surface area contributed by atoms with Crippen LogP contribution in [0.1, 0.15) is 36.5 Å². The van der Waals surface area contributed by atoms with Crippen LogP contribution >= 0.6 is 0 Å². The van der Waals surface area contributed by atoms with Crippen LogP contribution in [-0.2, 0) is 6.54 Å².